The van der Waals surface area contributed by atoms with Gasteiger partial charge in [0.05, 0.1) is 10.0 Å². The van der Waals surface area contributed by atoms with E-state index in [1.807, 2.05) is 60.7 Å². The Morgan fingerprint density at radius 1 is 0.609 bits per heavy atom. The molecule has 0 saturated heterocycles. The van der Waals surface area contributed by atoms with Gasteiger partial charge in [-0.1, -0.05) is 71.2 Å². The summed E-state index contributed by atoms with van der Waals surface area (Å²) >= 11 is 16.6. The maximum absolute atomic E-state index is 8.95. The number of benzene rings is 3. The van der Waals surface area contributed by atoms with E-state index < -0.39 is 0 Å². The molecule has 3 aromatic carbocycles. The molecule has 0 bridgehead atoms. The van der Waals surface area contributed by atoms with Gasteiger partial charge in [-0.15, -0.1) is 0 Å². The van der Waals surface area contributed by atoms with Gasteiger partial charge in [0, 0.05) is 0 Å². The van der Waals surface area contributed by atoms with E-state index >= 15 is 0 Å². The van der Waals surface area contributed by atoms with Gasteiger partial charge in [0.1, 0.15) is 22.3 Å². The minimum Gasteiger partial charge on any atom is -0.506 e. The van der Waals surface area contributed by atoms with Crippen LogP contribution in [0.25, 0.3) is 0 Å². The summed E-state index contributed by atoms with van der Waals surface area (Å²) in [5.41, 5.74) is 0. The quantitative estimate of drug-likeness (QED) is 0.503. The first-order valence-corrected chi connectivity index (χ1v) is 7.81. The summed E-state index contributed by atoms with van der Waals surface area (Å²) in [5.74, 6) is 1.68. The van der Waals surface area contributed by atoms with Gasteiger partial charge in [-0.3, -0.25) is 0 Å². The molecule has 0 aliphatic heterocycles. The second-order valence-corrected chi connectivity index (χ2v) is 5.59. The molecule has 118 valence electrons. The highest BCUT2D eigenvalue weighted by Crippen LogP contribution is 2.35. The van der Waals surface area contributed by atoms with Crippen molar-refractivity contribution in [3.8, 4) is 17.2 Å². The third kappa shape index (κ3) is 5.36. The zero-order valence-electron chi connectivity index (χ0n) is 11.9. The number of ether oxygens (including phenoxy) is 1. The number of halogens is 3. The normalized spacial score (nSPS) is 9.70. The number of phenols is 1. The van der Waals surface area contributed by atoms with Crippen LogP contribution in [-0.2, 0) is 0 Å². The summed E-state index contributed by atoms with van der Waals surface area (Å²) in [6.07, 6.45) is 0. The number of rotatable bonds is 2. The summed E-state index contributed by atoms with van der Waals surface area (Å²) in [6.45, 7) is 0. The zero-order valence-corrected chi connectivity index (χ0v) is 14.2. The fourth-order valence-corrected chi connectivity index (χ4v) is 2.16. The van der Waals surface area contributed by atoms with Crippen LogP contribution in [0.3, 0.4) is 0 Å². The maximum Gasteiger partial charge on any atom is 0.135 e. The average molecular weight is 368 g/mol. The van der Waals surface area contributed by atoms with Crippen molar-refractivity contribution in [3.05, 3.63) is 87.9 Å². The maximum atomic E-state index is 8.95. The predicted molar refractivity (Wildman–Crippen MR) is 96.1 cm³/mol. The lowest BCUT2D eigenvalue weighted by Crippen LogP contribution is -1.81. The number of para-hydroxylation sites is 2. The first kappa shape index (κ1) is 17.5. The first-order chi connectivity index (χ1) is 11.1. The van der Waals surface area contributed by atoms with Crippen LogP contribution in [0.15, 0.2) is 72.8 Å². The number of aromatic hydroxyl groups is 1. The van der Waals surface area contributed by atoms with E-state index in [4.69, 9.17) is 44.6 Å². The molecule has 0 aliphatic carbocycles. The van der Waals surface area contributed by atoms with E-state index in [2.05, 4.69) is 0 Å². The van der Waals surface area contributed by atoms with Crippen LogP contribution >= 0.6 is 34.8 Å². The Morgan fingerprint density at radius 2 is 1.09 bits per heavy atom. The molecular formula is C18H13Cl3O2. The fraction of sp³-hybridized carbons (Fsp3) is 0. The summed E-state index contributed by atoms with van der Waals surface area (Å²) in [5, 5.41) is 9.56. The van der Waals surface area contributed by atoms with E-state index in [1.165, 1.54) is 12.1 Å². The Kier molecular flexibility index (Phi) is 6.60. The first-order valence-electron chi connectivity index (χ1n) is 6.68. The molecule has 23 heavy (non-hydrogen) atoms. The van der Waals surface area contributed by atoms with Crippen molar-refractivity contribution in [2.75, 3.05) is 0 Å². The molecule has 0 aromatic heterocycles. The average Bonchev–Trinajstić information content (AvgIpc) is 2.59. The topological polar surface area (TPSA) is 29.5 Å². The van der Waals surface area contributed by atoms with Gasteiger partial charge in [0.2, 0.25) is 0 Å². The molecule has 0 aliphatic rings. The van der Waals surface area contributed by atoms with Crippen LogP contribution in [0, 0.1) is 0 Å². The molecule has 3 rings (SSSR count). The molecule has 2 nitrogen and oxygen atoms in total. The van der Waals surface area contributed by atoms with Gasteiger partial charge in [-0.25, -0.2) is 0 Å². The van der Waals surface area contributed by atoms with Crippen molar-refractivity contribution in [3.63, 3.8) is 0 Å². The summed E-state index contributed by atoms with van der Waals surface area (Å²) in [7, 11) is 0. The Balaban J connectivity index is 0.000000174. The third-order valence-corrected chi connectivity index (χ3v) is 4.02. The minimum atomic E-state index is -0.0592. The van der Waals surface area contributed by atoms with Crippen molar-refractivity contribution in [2.45, 2.75) is 0 Å². The van der Waals surface area contributed by atoms with Crippen LogP contribution in [0.1, 0.15) is 0 Å². The monoisotopic (exact) mass is 366 g/mol. The van der Waals surface area contributed by atoms with Gasteiger partial charge >= 0.3 is 0 Å². The van der Waals surface area contributed by atoms with Crippen molar-refractivity contribution in [1.29, 1.82) is 0 Å². The predicted octanol–water partition coefficient (Wildman–Crippen LogP) is 6.83. The highest BCUT2D eigenvalue weighted by molar-refractivity contribution is 6.48. The SMILES string of the molecule is Oc1ccc(Cl)c(Cl)c1Cl.c1ccc(Oc2ccccc2)cc1. The smallest absolute Gasteiger partial charge is 0.135 e. The standard InChI is InChI=1S/C12H10O.C6H3Cl3O/c1-3-7-11(8-4-1)13-12-9-5-2-6-10-12;7-3-1-2-4(10)6(9)5(3)8/h1-10H;1-2,10H. The van der Waals surface area contributed by atoms with Gasteiger partial charge < -0.3 is 9.84 Å². The second kappa shape index (κ2) is 8.68. The lowest BCUT2D eigenvalue weighted by atomic mass is 10.3. The molecule has 1 N–H and O–H groups in total. The third-order valence-electron chi connectivity index (χ3n) is 2.74. The Hall–Kier alpha value is -1.87. The molecule has 0 unspecified atom stereocenters. The van der Waals surface area contributed by atoms with Crippen LogP contribution in [-0.4, -0.2) is 5.11 Å². The van der Waals surface area contributed by atoms with E-state index in [-0.39, 0.29) is 15.8 Å². The Labute approximate surface area is 149 Å². The Morgan fingerprint density at radius 3 is 1.52 bits per heavy atom. The van der Waals surface area contributed by atoms with Gasteiger partial charge in [-0.2, -0.15) is 0 Å². The van der Waals surface area contributed by atoms with E-state index in [1.54, 1.807) is 0 Å². The number of phenolic OH excluding ortho intramolecular Hbond substituents is 1. The molecule has 0 atom stereocenters. The molecule has 0 saturated carbocycles. The second-order valence-electron chi connectivity index (χ2n) is 4.42. The lowest BCUT2D eigenvalue weighted by molar-refractivity contribution is 0.475. The van der Waals surface area contributed by atoms with E-state index in [0.717, 1.165) is 11.5 Å². The molecule has 0 radical (unpaired) electrons. The molecule has 0 fully saturated rings. The summed E-state index contributed by atoms with van der Waals surface area (Å²) in [6, 6.07) is 22.4. The Bertz CT molecular complexity index is 682. The largest absolute Gasteiger partial charge is 0.506 e. The van der Waals surface area contributed by atoms with Gasteiger partial charge in [-0.05, 0) is 36.4 Å². The van der Waals surface area contributed by atoms with E-state index in [0.29, 0.717) is 5.02 Å². The highest BCUT2D eigenvalue weighted by Gasteiger charge is 2.06. The van der Waals surface area contributed by atoms with Crippen molar-refractivity contribution >= 4 is 34.8 Å². The van der Waals surface area contributed by atoms with Gasteiger partial charge in [0.15, 0.2) is 0 Å². The van der Waals surface area contributed by atoms with Crippen LogP contribution < -0.4 is 4.74 Å². The molecule has 0 heterocycles. The van der Waals surface area contributed by atoms with Crippen molar-refractivity contribution in [2.24, 2.45) is 0 Å². The fourth-order valence-electron chi connectivity index (χ4n) is 1.63. The number of hydrogen-bond acceptors (Lipinski definition) is 2. The van der Waals surface area contributed by atoms with Crippen LogP contribution in [0.2, 0.25) is 15.1 Å². The zero-order chi connectivity index (χ0) is 16.7. The van der Waals surface area contributed by atoms with Crippen molar-refractivity contribution in [1.82, 2.24) is 0 Å². The van der Waals surface area contributed by atoms with Crippen molar-refractivity contribution < 1.29 is 9.84 Å². The highest BCUT2D eigenvalue weighted by atomic mass is 35.5. The molecule has 3 aromatic rings. The lowest BCUT2D eigenvalue weighted by Gasteiger charge is -2.03. The number of hydrogen-bond donors (Lipinski definition) is 1. The molecule has 0 amide bonds. The summed E-state index contributed by atoms with van der Waals surface area (Å²) in [4.78, 5) is 0. The minimum absolute atomic E-state index is 0.0592. The molecule has 0 spiro atoms. The molecular weight excluding hydrogens is 355 g/mol. The van der Waals surface area contributed by atoms with Gasteiger partial charge in [0.25, 0.3) is 0 Å². The van der Waals surface area contributed by atoms with Crippen LogP contribution in [0.5, 0.6) is 17.2 Å². The molecule has 5 heteroatoms. The van der Waals surface area contributed by atoms with Crippen LogP contribution in [0.4, 0.5) is 0 Å². The van der Waals surface area contributed by atoms with E-state index in [9.17, 15) is 0 Å². The summed E-state index contributed by atoms with van der Waals surface area (Å²) < 4.78 is 5.58.